The van der Waals surface area contributed by atoms with Gasteiger partial charge in [0.15, 0.2) is 5.11 Å². The van der Waals surface area contributed by atoms with Crippen molar-refractivity contribution in [1.29, 1.82) is 0 Å². The highest BCUT2D eigenvalue weighted by Gasteiger charge is 2.09. The molecule has 5 nitrogen and oxygen atoms in total. The summed E-state index contributed by atoms with van der Waals surface area (Å²) in [6.45, 7) is 7.84. The molecule has 0 aliphatic carbocycles. The smallest absolute Gasteiger partial charge is 0.257 e. The summed E-state index contributed by atoms with van der Waals surface area (Å²) in [6, 6.07) is 14.3. The lowest BCUT2D eigenvalue weighted by Crippen LogP contribution is -2.34. The van der Waals surface area contributed by atoms with Crippen molar-refractivity contribution in [2.45, 2.75) is 39.9 Å². The topological polar surface area (TPSA) is 59.6 Å². The van der Waals surface area contributed by atoms with Gasteiger partial charge in [-0.3, -0.25) is 10.1 Å². The Kier molecular flexibility index (Phi) is 6.97. The molecule has 0 saturated heterocycles. The van der Waals surface area contributed by atoms with E-state index in [-0.39, 0.29) is 23.2 Å². The fourth-order valence-corrected chi connectivity index (χ4v) is 2.39. The number of rotatable bonds is 6. The van der Waals surface area contributed by atoms with Gasteiger partial charge in [-0.15, -0.1) is 0 Å². The van der Waals surface area contributed by atoms with E-state index in [1.165, 1.54) is 0 Å². The van der Waals surface area contributed by atoms with E-state index in [1.807, 2.05) is 52.0 Å². The zero-order valence-electron chi connectivity index (χ0n) is 15.4. The van der Waals surface area contributed by atoms with E-state index < -0.39 is 0 Å². The summed E-state index contributed by atoms with van der Waals surface area (Å²) in [5.74, 6) is 1.23. The summed E-state index contributed by atoms with van der Waals surface area (Å²) >= 11 is 5.20. The minimum atomic E-state index is -0.279. The Morgan fingerprint density at radius 3 is 1.77 bits per heavy atom. The van der Waals surface area contributed by atoms with Crippen LogP contribution < -0.4 is 20.1 Å². The normalized spacial score (nSPS) is 10.5. The van der Waals surface area contributed by atoms with Crippen molar-refractivity contribution >= 4 is 28.9 Å². The molecule has 0 fully saturated rings. The fraction of sp³-hybridized carbons (Fsp3) is 0.300. The van der Waals surface area contributed by atoms with Crippen LogP contribution >= 0.6 is 12.2 Å². The fourth-order valence-electron chi connectivity index (χ4n) is 2.18. The Morgan fingerprint density at radius 2 is 1.31 bits per heavy atom. The molecule has 2 aromatic rings. The van der Waals surface area contributed by atoms with Crippen LogP contribution in [0.15, 0.2) is 48.5 Å². The molecule has 0 radical (unpaired) electrons. The van der Waals surface area contributed by atoms with Gasteiger partial charge in [0, 0.05) is 11.3 Å². The maximum Gasteiger partial charge on any atom is 0.257 e. The second-order valence-electron chi connectivity index (χ2n) is 6.29. The molecule has 0 bridgehead atoms. The van der Waals surface area contributed by atoms with Crippen LogP contribution in [0.3, 0.4) is 0 Å². The molecule has 2 N–H and O–H groups in total. The minimum absolute atomic E-state index is 0.0868. The van der Waals surface area contributed by atoms with Crippen molar-refractivity contribution in [1.82, 2.24) is 5.32 Å². The summed E-state index contributed by atoms with van der Waals surface area (Å²) < 4.78 is 11.2. The van der Waals surface area contributed by atoms with E-state index in [0.717, 1.165) is 17.2 Å². The third-order valence-corrected chi connectivity index (χ3v) is 3.40. The van der Waals surface area contributed by atoms with Crippen LogP contribution in [0.2, 0.25) is 0 Å². The number of hydrogen-bond acceptors (Lipinski definition) is 4. The highest BCUT2D eigenvalue weighted by molar-refractivity contribution is 7.80. The maximum atomic E-state index is 12.3. The zero-order chi connectivity index (χ0) is 19.1. The second kappa shape index (κ2) is 9.20. The van der Waals surface area contributed by atoms with Gasteiger partial charge in [-0.1, -0.05) is 0 Å². The summed E-state index contributed by atoms with van der Waals surface area (Å²) in [5.41, 5.74) is 1.28. The van der Waals surface area contributed by atoms with E-state index in [1.54, 1.807) is 24.3 Å². The van der Waals surface area contributed by atoms with Gasteiger partial charge in [-0.2, -0.15) is 0 Å². The Morgan fingerprint density at radius 1 is 0.846 bits per heavy atom. The highest BCUT2D eigenvalue weighted by Crippen LogP contribution is 2.17. The largest absolute Gasteiger partial charge is 0.491 e. The molecule has 0 atom stereocenters. The van der Waals surface area contributed by atoms with Gasteiger partial charge in [0.05, 0.1) is 12.2 Å². The average Bonchev–Trinajstić information content (AvgIpc) is 2.56. The van der Waals surface area contributed by atoms with E-state index >= 15 is 0 Å². The van der Waals surface area contributed by atoms with Crippen LogP contribution in [-0.2, 0) is 0 Å². The van der Waals surface area contributed by atoms with Gasteiger partial charge in [-0.05, 0) is 88.4 Å². The molecule has 1 amide bonds. The molecule has 0 aromatic heterocycles. The number of carbonyl (C=O) groups is 1. The van der Waals surface area contributed by atoms with E-state index in [4.69, 9.17) is 21.7 Å². The molecular formula is C20H24N2O3S. The molecule has 2 rings (SSSR count). The van der Waals surface area contributed by atoms with E-state index in [0.29, 0.717) is 5.56 Å². The molecule has 0 unspecified atom stereocenters. The lowest BCUT2D eigenvalue weighted by molar-refractivity contribution is 0.0977. The van der Waals surface area contributed by atoms with Crippen LogP contribution in [0.5, 0.6) is 11.5 Å². The van der Waals surface area contributed by atoms with Crippen LogP contribution in [-0.4, -0.2) is 23.2 Å². The predicted molar refractivity (Wildman–Crippen MR) is 108 cm³/mol. The van der Waals surface area contributed by atoms with Crippen molar-refractivity contribution in [3.05, 3.63) is 54.1 Å². The Hall–Kier alpha value is -2.60. The molecule has 0 aliphatic heterocycles. The van der Waals surface area contributed by atoms with Gasteiger partial charge in [0.2, 0.25) is 0 Å². The quantitative estimate of drug-likeness (QED) is 0.737. The Balaban J connectivity index is 1.89. The number of nitrogens with one attached hydrogen (secondary N) is 2. The highest BCUT2D eigenvalue weighted by atomic mass is 32.1. The first-order chi connectivity index (χ1) is 12.3. The van der Waals surface area contributed by atoms with Crippen LogP contribution in [0, 0.1) is 0 Å². The third-order valence-electron chi connectivity index (χ3n) is 3.20. The summed E-state index contributed by atoms with van der Waals surface area (Å²) in [4.78, 5) is 12.3. The Labute approximate surface area is 159 Å². The van der Waals surface area contributed by atoms with E-state index in [2.05, 4.69) is 10.6 Å². The third kappa shape index (κ3) is 6.37. The first kappa shape index (κ1) is 19.7. The molecule has 0 aliphatic rings. The molecule has 0 heterocycles. The van der Waals surface area contributed by atoms with Crippen LogP contribution in [0.25, 0.3) is 0 Å². The molecule has 0 spiro atoms. The second-order valence-corrected chi connectivity index (χ2v) is 6.70. The van der Waals surface area contributed by atoms with Gasteiger partial charge in [0.1, 0.15) is 11.5 Å². The standard InChI is InChI=1S/C20H24N2O3S/c1-13(2)24-17-9-5-15(6-10-17)19(23)22-20(26)21-16-7-11-18(12-8-16)25-14(3)4/h5-14H,1-4H3,(H2,21,22,23,26). The Bertz CT molecular complexity index is 741. The van der Waals surface area contributed by atoms with Crippen molar-refractivity contribution in [2.75, 3.05) is 5.32 Å². The lowest BCUT2D eigenvalue weighted by atomic mass is 10.2. The minimum Gasteiger partial charge on any atom is -0.491 e. The van der Waals surface area contributed by atoms with Crippen molar-refractivity contribution in [3.8, 4) is 11.5 Å². The number of thiocarbonyl (C=S) groups is 1. The summed E-state index contributed by atoms with van der Waals surface area (Å²) in [6.07, 6.45) is 0.204. The lowest BCUT2D eigenvalue weighted by Gasteiger charge is -2.13. The molecule has 0 saturated carbocycles. The van der Waals surface area contributed by atoms with Gasteiger partial charge >= 0.3 is 0 Å². The average molecular weight is 372 g/mol. The molecule has 2 aromatic carbocycles. The number of hydrogen-bond donors (Lipinski definition) is 2. The van der Waals surface area contributed by atoms with Crippen LogP contribution in [0.1, 0.15) is 38.1 Å². The number of anilines is 1. The summed E-state index contributed by atoms with van der Waals surface area (Å²) in [5, 5.41) is 5.87. The number of amides is 1. The van der Waals surface area contributed by atoms with Gasteiger partial charge < -0.3 is 14.8 Å². The van der Waals surface area contributed by atoms with Gasteiger partial charge in [-0.25, -0.2) is 0 Å². The molecule has 138 valence electrons. The first-order valence-corrected chi connectivity index (χ1v) is 8.90. The SMILES string of the molecule is CC(C)Oc1ccc(NC(=S)NC(=O)c2ccc(OC(C)C)cc2)cc1. The zero-order valence-corrected chi connectivity index (χ0v) is 16.2. The first-order valence-electron chi connectivity index (χ1n) is 8.49. The predicted octanol–water partition coefficient (Wildman–Crippen LogP) is 4.39. The molecule has 6 heteroatoms. The molecular weight excluding hydrogens is 348 g/mol. The van der Waals surface area contributed by atoms with E-state index in [9.17, 15) is 4.79 Å². The monoisotopic (exact) mass is 372 g/mol. The maximum absolute atomic E-state index is 12.3. The number of benzene rings is 2. The number of carbonyl (C=O) groups excluding carboxylic acids is 1. The van der Waals surface area contributed by atoms with Crippen molar-refractivity contribution in [2.24, 2.45) is 0 Å². The van der Waals surface area contributed by atoms with Gasteiger partial charge in [0.25, 0.3) is 5.91 Å². The summed E-state index contributed by atoms with van der Waals surface area (Å²) in [7, 11) is 0. The molecule has 26 heavy (non-hydrogen) atoms. The number of ether oxygens (including phenoxy) is 2. The van der Waals surface area contributed by atoms with Crippen molar-refractivity contribution in [3.63, 3.8) is 0 Å². The van der Waals surface area contributed by atoms with Crippen LogP contribution in [0.4, 0.5) is 5.69 Å². The van der Waals surface area contributed by atoms with Crippen molar-refractivity contribution < 1.29 is 14.3 Å².